The third-order valence-corrected chi connectivity index (χ3v) is 5.57. The van der Waals surface area contributed by atoms with E-state index in [1.165, 1.54) is 7.11 Å². The van der Waals surface area contributed by atoms with Crippen molar-refractivity contribution in [2.45, 2.75) is 31.1 Å². The molecule has 32 heavy (non-hydrogen) atoms. The standard InChI is InChI=1S/C22H23N3O7/c1-31-18-17(27)16(11-26)32-21(18)25-10-15(20(29)24-22(25)30)19(28)23-9-13-7-4-6-12-5-2-3-8-14(12)13/h2-8,10,16-18,21,26-27H,9,11H2,1H3,(H,23,28)(H,24,29,30)/t16-,17+,18-,21-/m1/s1. The van der Waals surface area contributed by atoms with Gasteiger partial charge in [-0.25, -0.2) is 4.79 Å². The number of aromatic amines is 1. The molecule has 10 heteroatoms. The molecule has 0 aliphatic carbocycles. The second-order valence-electron chi connectivity index (χ2n) is 7.47. The number of nitrogens with zero attached hydrogens (tertiary/aromatic N) is 1. The molecule has 1 saturated heterocycles. The van der Waals surface area contributed by atoms with E-state index in [9.17, 15) is 24.6 Å². The average Bonchev–Trinajstić information content (AvgIpc) is 3.12. The first-order valence-electron chi connectivity index (χ1n) is 10.0. The number of fused-ring (bicyclic) bond motifs is 1. The van der Waals surface area contributed by atoms with E-state index in [-0.39, 0.29) is 12.1 Å². The maximum Gasteiger partial charge on any atom is 0.330 e. The summed E-state index contributed by atoms with van der Waals surface area (Å²) in [6.07, 6.45) is -3.23. The summed E-state index contributed by atoms with van der Waals surface area (Å²) in [5, 5.41) is 24.3. The smallest absolute Gasteiger partial charge is 0.330 e. The number of methoxy groups -OCH3 is 1. The van der Waals surface area contributed by atoms with E-state index < -0.39 is 48.3 Å². The second-order valence-corrected chi connectivity index (χ2v) is 7.47. The van der Waals surface area contributed by atoms with Crippen LogP contribution in [0, 0.1) is 0 Å². The van der Waals surface area contributed by atoms with Gasteiger partial charge in [0.2, 0.25) is 0 Å². The van der Waals surface area contributed by atoms with Gasteiger partial charge in [0.15, 0.2) is 6.23 Å². The molecule has 0 radical (unpaired) electrons. The van der Waals surface area contributed by atoms with E-state index >= 15 is 0 Å². The zero-order valence-corrected chi connectivity index (χ0v) is 17.2. The van der Waals surface area contributed by atoms with Gasteiger partial charge in [0.25, 0.3) is 11.5 Å². The van der Waals surface area contributed by atoms with Gasteiger partial charge in [-0.3, -0.25) is 19.1 Å². The summed E-state index contributed by atoms with van der Waals surface area (Å²) in [5.74, 6) is -0.681. The molecular formula is C22H23N3O7. The number of amides is 1. The number of aromatic nitrogens is 2. The van der Waals surface area contributed by atoms with Crippen LogP contribution in [0.2, 0.25) is 0 Å². The van der Waals surface area contributed by atoms with Gasteiger partial charge >= 0.3 is 5.69 Å². The molecule has 3 aromatic rings. The van der Waals surface area contributed by atoms with Crippen LogP contribution in [0.4, 0.5) is 0 Å². The molecule has 0 spiro atoms. The molecule has 1 aliphatic rings. The average molecular weight is 441 g/mol. The van der Waals surface area contributed by atoms with Crippen molar-refractivity contribution in [1.29, 1.82) is 0 Å². The molecule has 2 aromatic carbocycles. The number of H-pyrrole nitrogens is 1. The van der Waals surface area contributed by atoms with Crippen LogP contribution < -0.4 is 16.6 Å². The first-order valence-corrected chi connectivity index (χ1v) is 10.0. The largest absolute Gasteiger partial charge is 0.394 e. The first kappa shape index (κ1) is 21.9. The third kappa shape index (κ3) is 3.96. The van der Waals surface area contributed by atoms with Crippen molar-refractivity contribution >= 4 is 16.7 Å². The van der Waals surface area contributed by atoms with Crippen molar-refractivity contribution < 1.29 is 24.5 Å². The molecule has 0 bridgehead atoms. The fourth-order valence-electron chi connectivity index (χ4n) is 3.90. The van der Waals surface area contributed by atoms with Crippen molar-refractivity contribution in [2.24, 2.45) is 0 Å². The highest BCUT2D eigenvalue weighted by Crippen LogP contribution is 2.30. The lowest BCUT2D eigenvalue weighted by Gasteiger charge is -2.20. The van der Waals surface area contributed by atoms with Gasteiger partial charge in [-0.2, -0.15) is 0 Å². The highest BCUT2D eigenvalue weighted by Gasteiger charge is 2.45. The summed E-state index contributed by atoms with van der Waals surface area (Å²) in [6, 6.07) is 13.4. The Morgan fingerprint density at radius 2 is 1.97 bits per heavy atom. The Morgan fingerprint density at radius 1 is 1.22 bits per heavy atom. The van der Waals surface area contributed by atoms with E-state index in [4.69, 9.17) is 9.47 Å². The Hall–Kier alpha value is -3.31. The minimum atomic E-state index is -1.20. The molecule has 0 saturated carbocycles. The molecule has 10 nitrogen and oxygen atoms in total. The Bertz CT molecular complexity index is 1250. The summed E-state index contributed by atoms with van der Waals surface area (Å²) in [7, 11) is 1.32. The molecule has 2 heterocycles. The molecule has 1 aromatic heterocycles. The molecule has 0 unspecified atom stereocenters. The highest BCUT2D eigenvalue weighted by atomic mass is 16.6. The van der Waals surface area contributed by atoms with Crippen molar-refractivity contribution in [2.75, 3.05) is 13.7 Å². The van der Waals surface area contributed by atoms with Crippen molar-refractivity contribution in [3.63, 3.8) is 0 Å². The fraction of sp³-hybridized carbons (Fsp3) is 0.318. The predicted octanol–water partition coefficient (Wildman–Crippen LogP) is -0.115. The summed E-state index contributed by atoms with van der Waals surface area (Å²) >= 11 is 0. The number of carbonyl (C=O) groups excluding carboxylic acids is 1. The molecule has 4 N–H and O–H groups in total. The molecule has 168 valence electrons. The van der Waals surface area contributed by atoms with Gasteiger partial charge in [0, 0.05) is 19.9 Å². The van der Waals surface area contributed by atoms with Gasteiger partial charge < -0.3 is 25.0 Å². The maximum absolute atomic E-state index is 12.8. The summed E-state index contributed by atoms with van der Waals surface area (Å²) in [4.78, 5) is 39.6. The summed E-state index contributed by atoms with van der Waals surface area (Å²) < 4.78 is 11.7. The minimum Gasteiger partial charge on any atom is -0.394 e. The zero-order valence-electron chi connectivity index (χ0n) is 17.2. The van der Waals surface area contributed by atoms with Crippen LogP contribution in [0.25, 0.3) is 10.8 Å². The molecule has 1 aliphatic heterocycles. The van der Waals surface area contributed by atoms with Gasteiger partial charge in [0.1, 0.15) is 23.9 Å². The Balaban J connectivity index is 1.61. The maximum atomic E-state index is 12.8. The van der Waals surface area contributed by atoms with Crippen LogP contribution in [0.3, 0.4) is 0 Å². The number of rotatable bonds is 6. The Labute approximate surface area is 182 Å². The quantitative estimate of drug-likeness (QED) is 0.418. The number of aliphatic hydroxyl groups is 2. The predicted molar refractivity (Wildman–Crippen MR) is 114 cm³/mol. The Morgan fingerprint density at radius 3 is 2.72 bits per heavy atom. The number of benzene rings is 2. The Kier molecular flexibility index (Phi) is 6.19. The number of hydrogen-bond donors (Lipinski definition) is 4. The van der Waals surface area contributed by atoms with Crippen LogP contribution in [0.1, 0.15) is 22.1 Å². The monoisotopic (exact) mass is 441 g/mol. The van der Waals surface area contributed by atoms with Gasteiger partial charge in [0.05, 0.1) is 6.61 Å². The number of ether oxygens (including phenoxy) is 2. The van der Waals surface area contributed by atoms with E-state index in [0.717, 1.165) is 27.1 Å². The lowest BCUT2D eigenvalue weighted by molar-refractivity contribution is -0.0626. The number of aliphatic hydroxyl groups excluding tert-OH is 2. The first-order chi connectivity index (χ1) is 15.4. The van der Waals surface area contributed by atoms with Gasteiger partial charge in [-0.15, -0.1) is 0 Å². The zero-order chi connectivity index (χ0) is 22.8. The van der Waals surface area contributed by atoms with Crippen molar-refractivity contribution in [3.8, 4) is 0 Å². The fourth-order valence-corrected chi connectivity index (χ4v) is 3.90. The van der Waals surface area contributed by atoms with E-state index in [1.54, 1.807) is 0 Å². The van der Waals surface area contributed by atoms with Crippen LogP contribution in [0.15, 0.2) is 58.3 Å². The second kappa shape index (κ2) is 9.05. The third-order valence-electron chi connectivity index (χ3n) is 5.57. The van der Waals surface area contributed by atoms with E-state index in [2.05, 4.69) is 10.3 Å². The van der Waals surface area contributed by atoms with Crippen LogP contribution in [0.5, 0.6) is 0 Å². The van der Waals surface area contributed by atoms with E-state index in [0.29, 0.717) is 0 Å². The van der Waals surface area contributed by atoms with Crippen LogP contribution in [-0.4, -0.2) is 57.7 Å². The van der Waals surface area contributed by atoms with Crippen molar-refractivity contribution in [3.05, 3.63) is 80.6 Å². The SMILES string of the molecule is CO[C@@H]1[C@@H](O)[C@@H](CO)O[C@H]1n1cc(C(=O)NCc2cccc3ccccc23)c(=O)[nH]c1=O. The molecular weight excluding hydrogens is 418 g/mol. The molecule has 4 atom stereocenters. The molecule has 4 rings (SSSR count). The lowest BCUT2D eigenvalue weighted by atomic mass is 10.0. The van der Waals surface area contributed by atoms with Crippen LogP contribution in [-0.2, 0) is 16.0 Å². The van der Waals surface area contributed by atoms with Crippen molar-refractivity contribution in [1.82, 2.24) is 14.9 Å². The molecule has 1 fully saturated rings. The topological polar surface area (TPSA) is 143 Å². The van der Waals surface area contributed by atoms with Crippen LogP contribution >= 0.6 is 0 Å². The number of carbonyl (C=O) groups is 1. The number of hydrogen-bond acceptors (Lipinski definition) is 7. The minimum absolute atomic E-state index is 0.171. The van der Waals surface area contributed by atoms with Gasteiger partial charge in [-0.1, -0.05) is 42.5 Å². The summed E-state index contributed by atoms with van der Waals surface area (Å²) in [5.41, 5.74) is -1.12. The normalized spacial score (nSPS) is 22.8. The van der Waals surface area contributed by atoms with Gasteiger partial charge in [-0.05, 0) is 16.3 Å². The highest BCUT2D eigenvalue weighted by molar-refractivity contribution is 5.94. The van der Waals surface area contributed by atoms with E-state index in [1.807, 2.05) is 42.5 Å². The lowest BCUT2D eigenvalue weighted by Crippen LogP contribution is -2.41. The summed E-state index contributed by atoms with van der Waals surface area (Å²) in [6.45, 7) is -0.321. The number of nitrogens with one attached hydrogen (secondary N) is 2. The molecule has 1 amide bonds.